The average molecular weight is 853 g/mol. The van der Waals surface area contributed by atoms with E-state index in [0.29, 0.717) is 48.4 Å². The van der Waals surface area contributed by atoms with E-state index in [0.717, 1.165) is 59.5 Å². The fraction of sp³-hybridized carbons (Fsp3) is 0.423. The van der Waals surface area contributed by atoms with Crippen LogP contribution in [0.15, 0.2) is 120 Å². The topological polar surface area (TPSA) is 147 Å². The maximum absolute atomic E-state index is 15.0. The lowest BCUT2D eigenvalue weighted by Gasteiger charge is -2.60. The van der Waals surface area contributed by atoms with Crippen LogP contribution >= 0.6 is 0 Å². The first-order valence-electron chi connectivity index (χ1n) is 22.4. The molecule has 1 amide bonds. The molecule has 330 valence electrons. The Morgan fingerprint density at radius 3 is 2.49 bits per heavy atom. The minimum absolute atomic E-state index is 0.0612. The first kappa shape index (κ1) is 45.2. The Morgan fingerprint density at radius 1 is 1.00 bits per heavy atom. The summed E-state index contributed by atoms with van der Waals surface area (Å²) in [6, 6.07) is 30.0. The number of aliphatic hydroxyl groups excluding tert-OH is 2. The van der Waals surface area contributed by atoms with Gasteiger partial charge in [0, 0.05) is 48.9 Å². The molecule has 7 rings (SSSR count). The Hall–Kier alpha value is -5.80. The monoisotopic (exact) mass is 852 g/mol. The van der Waals surface area contributed by atoms with Crippen molar-refractivity contribution in [3.63, 3.8) is 0 Å². The van der Waals surface area contributed by atoms with Gasteiger partial charge in [-0.25, -0.2) is 0 Å². The summed E-state index contributed by atoms with van der Waals surface area (Å²) in [5, 5.41) is 34.5. The number of aryl methyl sites for hydroxylation is 1. The van der Waals surface area contributed by atoms with E-state index >= 15 is 0 Å². The summed E-state index contributed by atoms with van der Waals surface area (Å²) in [5.41, 5.74) is 6.30. The normalized spacial score (nSPS) is 22.7. The van der Waals surface area contributed by atoms with E-state index in [-0.39, 0.29) is 63.1 Å². The molecule has 0 bridgehead atoms. The third-order valence-corrected chi connectivity index (χ3v) is 12.6. The number of hydrogen-bond acceptors (Lipinski definition) is 10. The van der Waals surface area contributed by atoms with Gasteiger partial charge in [-0.15, -0.1) is 6.58 Å². The number of oxime groups is 1. The molecule has 3 aliphatic rings. The zero-order valence-corrected chi connectivity index (χ0v) is 36.5. The van der Waals surface area contributed by atoms with Crippen molar-refractivity contribution in [2.75, 3.05) is 26.4 Å². The second-order valence-electron chi connectivity index (χ2n) is 16.8. The maximum atomic E-state index is 15.0. The number of amides is 1. The number of fused-ring (bicyclic) bond motifs is 2. The Bertz CT molecular complexity index is 2270. The summed E-state index contributed by atoms with van der Waals surface area (Å²) in [7, 11) is 0. The van der Waals surface area contributed by atoms with Crippen molar-refractivity contribution in [3.8, 4) is 17.6 Å². The highest BCUT2D eigenvalue weighted by atomic mass is 16.7. The number of carbonyl (C=O) groups excluding carboxylic acids is 1. The summed E-state index contributed by atoms with van der Waals surface area (Å²) >= 11 is 0. The molecule has 11 heteroatoms. The highest BCUT2D eigenvalue weighted by Gasteiger charge is 2.65. The molecule has 63 heavy (non-hydrogen) atoms. The summed E-state index contributed by atoms with van der Waals surface area (Å²) in [4.78, 5) is 27.8. The molecule has 2 N–H and O–H groups in total. The van der Waals surface area contributed by atoms with Gasteiger partial charge in [0.15, 0.2) is 0 Å². The van der Waals surface area contributed by atoms with Gasteiger partial charge in [-0.2, -0.15) is 5.26 Å². The number of allylic oxidation sites excluding steroid dienone is 1. The number of carbonyl (C=O) groups is 1. The van der Waals surface area contributed by atoms with E-state index in [1.165, 1.54) is 0 Å². The van der Waals surface area contributed by atoms with Crippen molar-refractivity contribution in [1.82, 2.24) is 9.88 Å². The number of nitrogens with zero attached hydrogens (tertiary/aromatic N) is 4. The molecule has 4 aromatic rings. The number of pyridine rings is 1. The van der Waals surface area contributed by atoms with E-state index in [4.69, 9.17) is 24.2 Å². The molecule has 6 unspecified atom stereocenters. The highest BCUT2D eigenvalue weighted by molar-refractivity contribution is 6.03. The third kappa shape index (κ3) is 10.2. The van der Waals surface area contributed by atoms with Gasteiger partial charge < -0.3 is 34.2 Å². The van der Waals surface area contributed by atoms with Gasteiger partial charge in [0.05, 0.1) is 35.6 Å². The molecule has 2 heterocycles. The summed E-state index contributed by atoms with van der Waals surface area (Å²) < 4.78 is 21.0. The smallest absolute Gasteiger partial charge is 0.254 e. The Balaban J connectivity index is 1.43. The first-order valence-corrected chi connectivity index (χ1v) is 22.4. The van der Waals surface area contributed by atoms with Crippen LogP contribution in [-0.4, -0.2) is 69.9 Å². The van der Waals surface area contributed by atoms with Gasteiger partial charge in [-0.05, 0) is 117 Å². The molecule has 2 aliphatic carbocycles. The van der Waals surface area contributed by atoms with Gasteiger partial charge >= 0.3 is 0 Å². The van der Waals surface area contributed by atoms with Crippen LogP contribution < -0.4 is 9.47 Å². The predicted octanol–water partition coefficient (Wildman–Crippen LogP) is 9.23. The lowest BCUT2D eigenvalue weighted by molar-refractivity contribution is -0.254. The van der Waals surface area contributed by atoms with Gasteiger partial charge in [0.2, 0.25) is 5.79 Å². The molecule has 1 aromatic heterocycles. The van der Waals surface area contributed by atoms with Crippen LogP contribution in [0.3, 0.4) is 0 Å². The number of unbranched alkanes of at least 4 members (excludes halogenated alkanes) is 2. The van der Waals surface area contributed by atoms with E-state index in [1.807, 2.05) is 79.4 Å². The molecule has 0 saturated heterocycles. The lowest BCUT2D eigenvalue weighted by atomic mass is 9.55. The Morgan fingerprint density at radius 2 is 1.78 bits per heavy atom. The van der Waals surface area contributed by atoms with E-state index < -0.39 is 17.7 Å². The number of aromatic nitrogens is 1. The first-order chi connectivity index (χ1) is 30.8. The van der Waals surface area contributed by atoms with E-state index in [2.05, 4.69) is 29.8 Å². The second-order valence-corrected chi connectivity index (χ2v) is 16.8. The maximum Gasteiger partial charge on any atom is 0.254 e. The van der Waals surface area contributed by atoms with E-state index in [9.17, 15) is 20.3 Å². The minimum atomic E-state index is -1.40. The molecule has 0 spiro atoms. The second kappa shape index (κ2) is 21.5. The number of aliphatic hydroxyl groups is 2. The van der Waals surface area contributed by atoms with Crippen molar-refractivity contribution in [1.29, 1.82) is 5.26 Å². The zero-order chi connectivity index (χ0) is 44.2. The molecular formula is C52H60N4O7. The van der Waals surface area contributed by atoms with Crippen LogP contribution in [0.25, 0.3) is 0 Å². The molecule has 3 aromatic carbocycles. The van der Waals surface area contributed by atoms with E-state index in [1.54, 1.807) is 30.3 Å². The van der Waals surface area contributed by atoms with Gasteiger partial charge in [0.1, 0.15) is 30.8 Å². The molecule has 11 nitrogen and oxygen atoms in total. The number of nitriles is 1. The van der Waals surface area contributed by atoms with Crippen molar-refractivity contribution in [3.05, 3.63) is 149 Å². The summed E-state index contributed by atoms with van der Waals surface area (Å²) in [5.74, 6) is -0.793. The van der Waals surface area contributed by atoms with Crippen LogP contribution in [0.4, 0.5) is 0 Å². The van der Waals surface area contributed by atoms with Crippen LogP contribution in [0.5, 0.6) is 11.5 Å². The quantitative estimate of drug-likeness (QED) is 0.0476. The highest BCUT2D eigenvalue weighted by Crippen LogP contribution is 2.62. The molecule has 0 radical (unpaired) electrons. The van der Waals surface area contributed by atoms with Crippen molar-refractivity contribution >= 4 is 11.6 Å². The number of ether oxygens (including phenoxy) is 3. The standard InChI is InChI=1S/C52H60N4O7/c1-4-26-56(51(59)39-22-20-37(33-53)21-23-39)48-32-46(55-62-34-38-15-7-6-8-16-38)44-30-40(17-9-11-27-57)43(19-10-12-28-58)49-45-31-42(60-35-41-18-13-14-36(3)54-41)24-25-47(45)63-52(48,50(44)49)61-29-5-2/h5-8,13-16,18,20-25,30-31,40,43,48-50,57-58H,2,4,9-12,17,19,26-29,32,34-35H2,1,3H3. The Labute approximate surface area is 371 Å². The lowest BCUT2D eigenvalue weighted by Crippen LogP contribution is -2.70. The zero-order valence-electron chi connectivity index (χ0n) is 36.5. The largest absolute Gasteiger partial charge is 0.487 e. The van der Waals surface area contributed by atoms with Crippen molar-refractivity contribution in [2.45, 2.75) is 96.2 Å². The van der Waals surface area contributed by atoms with Crippen molar-refractivity contribution < 1.29 is 34.1 Å². The fourth-order valence-corrected chi connectivity index (χ4v) is 9.83. The minimum Gasteiger partial charge on any atom is -0.487 e. The number of benzene rings is 3. The molecule has 1 fully saturated rings. The SMILES string of the molecule is C=CCOC12Oc3ccc(OCc4cccc(C)n4)cc3C3C(CCCCO)C(CCCCO)C=C(C(=NOCc4ccccc4)CC1N(CCC)C(=O)c1ccc(C#N)cc1)C32. The number of rotatable bonds is 21. The molecule has 1 saturated carbocycles. The summed E-state index contributed by atoms with van der Waals surface area (Å²) in [6.45, 7) is 9.37. The van der Waals surface area contributed by atoms with Crippen LogP contribution in [0, 0.1) is 36.0 Å². The predicted molar refractivity (Wildman–Crippen MR) is 242 cm³/mol. The molecular weight excluding hydrogens is 793 g/mol. The van der Waals surface area contributed by atoms with Crippen LogP contribution in [0.1, 0.15) is 103 Å². The fourth-order valence-electron chi connectivity index (χ4n) is 9.83. The van der Waals surface area contributed by atoms with Gasteiger partial charge in [0.25, 0.3) is 5.91 Å². The van der Waals surface area contributed by atoms with Crippen molar-refractivity contribution in [2.24, 2.45) is 22.9 Å². The molecule has 1 aliphatic heterocycles. The number of hydrogen-bond donors (Lipinski definition) is 2. The summed E-state index contributed by atoms with van der Waals surface area (Å²) in [6.07, 6.45) is 9.63. The van der Waals surface area contributed by atoms with Gasteiger partial charge in [-0.3, -0.25) is 9.78 Å². The van der Waals surface area contributed by atoms with Gasteiger partial charge in [-0.1, -0.05) is 73.5 Å². The van der Waals surface area contributed by atoms with Crippen LogP contribution in [0.2, 0.25) is 0 Å². The van der Waals surface area contributed by atoms with Crippen LogP contribution in [-0.2, 0) is 22.8 Å². The molecule has 6 atom stereocenters. The average Bonchev–Trinajstić information content (AvgIpc) is 3.31. The third-order valence-electron chi connectivity index (χ3n) is 12.6. The Kier molecular flexibility index (Phi) is 15.5.